The highest BCUT2D eigenvalue weighted by Gasteiger charge is 2.18. The first-order chi connectivity index (χ1) is 9.93. The lowest BCUT2D eigenvalue weighted by Crippen LogP contribution is -2.14. The van der Waals surface area contributed by atoms with E-state index in [0.29, 0.717) is 21.5 Å². The number of carboxylic acid groups (broad SMARTS) is 1. The van der Waals surface area contributed by atoms with Gasteiger partial charge in [0, 0.05) is 5.56 Å². The summed E-state index contributed by atoms with van der Waals surface area (Å²) in [6.07, 6.45) is 0. The minimum absolute atomic E-state index is 0.119. The summed E-state index contributed by atoms with van der Waals surface area (Å²) in [6, 6.07) is 4.90. The monoisotopic (exact) mass is 369 g/mol. The summed E-state index contributed by atoms with van der Waals surface area (Å²) in [5, 5.41) is 13.5. The zero-order chi connectivity index (χ0) is 15.6. The van der Waals surface area contributed by atoms with Crippen LogP contribution in [0.4, 0.5) is 5.69 Å². The van der Waals surface area contributed by atoms with Gasteiger partial charge in [-0.05, 0) is 52.0 Å². The number of carbonyl (C=O) groups is 2. The average Bonchev–Trinajstić information content (AvgIpc) is 2.80. The van der Waals surface area contributed by atoms with E-state index >= 15 is 0 Å². The molecule has 1 heterocycles. The number of hydrogen-bond donors (Lipinski definition) is 2. The van der Waals surface area contributed by atoms with Crippen LogP contribution in [0.2, 0.25) is 0 Å². The molecule has 110 valence electrons. The first kappa shape index (κ1) is 15.5. The van der Waals surface area contributed by atoms with Crippen molar-refractivity contribution in [2.24, 2.45) is 0 Å². The number of methoxy groups -OCH3 is 1. The number of carbonyl (C=O) groups excluding carboxylic acids is 1. The van der Waals surface area contributed by atoms with Crippen molar-refractivity contribution in [1.29, 1.82) is 0 Å². The lowest BCUT2D eigenvalue weighted by Gasteiger charge is -2.08. The van der Waals surface area contributed by atoms with Gasteiger partial charge in [-0.3, -0.25) is 4.79 Å². The maximum atomic E-state index is 12.2. The van der Waals surface area contributed by atoms with Crippen molar-refractivity contribution in [3.05, 3.63) is 44.1 Å². The first-order valence-corrected chi connectivity index (χ1v) is 7.57. The van der Waals surface area contributed by atoms with Crippen molar-refractivity contribution in [1.82, 2.24) is 0 Å². The van der Waals surface area contributed by atoms with Gasteiger partial charge < -0.3 is 15.2 Å². The number of rotatable bonds is 4. The molecule has 0 spiro atoms. The molecule has 7 heteroatoms. The number of amides is 1. The summed E-state index contributed by atoms with van der Waals surface area (Å²) in [4.78, 5) is 23.5. The lowest BCUT2D eigenvalue weighted by atomic mass is 10.2. The molecule has 0 radical (unpaired) electrons. The highest BCUT2D eigenvalue weighted by molar-refractivity contribution is 9.10. The number of thiophene rings is 1. The van der Waals surface area contributed by atoms with Crippen LogP contribution in [-0.4, -0.2) is 24.1 Å². The molecule has 0 aliphatic carbocycles. The lowest BCUT2D eigenvalue weighted by molar-refractivity contribution is 0.0703. The summed E-state index contributed by atoms with van der Waals surface area (Å²) in [5.41, 5.74) is 1.47. The van der Waals surface area contributed by atoms with E-state index in [0.717, 1.165) is 16.9 Å². The Morgan fingerprint density at radius 1 is 1.38 bits per heavy atom. The number of nitrogens with one attached hydrogen (secondary N) is 1. The van der Waals surface area contributed by atoms with Gasteiger partial charge in [-0.1, -0.05) is 0 Å². The van der Waals surface area contributed by atoms with Gasteiger partial charge in [0.05, 0.1) is 17.3 Å². The SMILES string of the molecule is COc1ccc(C(=O)Nc2c(C)csc2C(=O)O)cc1Br. The van der Waals surface area contributed by atoms with E-state index in [4.69, 9.17) is 9.84 Å². The van der Waals surface area contributed by atoms with Crippen molar-refractivity contribution in [2.45, 2.75) is 6.92 Å². The molecule has 0 saturated heterocycles. The molecule has 0 bridgehead atoms. The molecule has 0 aliphatic heterocycles. The van der Waals surface area contributed by atoms with Crippen LogP contribution in [0, 0.1) is 6.92 Å². The fraction of sp³-hybridized carbons (Fsp3) is 0.143. The summed E-state index contributed by atoms with van der Waals surface area (Å²) in [6.45, 7) is 1.75. The molecule has 0 aliphatic rings. The highest BCUT2D eigenvalue weighted by Crippen LogP contribution is 2.29. The third-order valence-electron chi connectivity index (χ3n) is 2.82. The number of ether oxygens (including phenoxy) is 1. The van der Waals surface area contributed by atoms with Gasteiger partial charge in [0.1, 0.15) is 10.6 Å². The summed E-state index contributed by atoms with van der Waals surface area (Å²) < 4.78 is 5.75. The smallest absolute Gasteiger partial charge is 0.348 e. The van der Waals surface area contributed by atoms with Crippen molar-refractivity contribution < 1.29 is 19.4 Å². The number of halogens is 1. The van der Waals surface area contributed by atoms with Crippen molar-refractivity contribution in [3.8, 4) is 5.75 Å². The van der Waals surface area contributed by atoms with Crippen molar-refractivity contribution in [2.75, 3.05) is 12.4 Å². The van der Waals surface area contributed by atoms with Crippen LogP contribution in [0.3, 0.4) is 0 Å². The Hall–Kier alpha value is -1.86. The van der Waals surface area contributed by atoms with Crippen LogP contribution in [0.25, 0.3) is 0 Å². The van der Waals surface area contributed by atoms with Crippen LogP contribution in [0.15, 0.2) is 28.1 Å². The Morgan fingerprint density at radius 2 is 2.10 bits per heavy atom. The van der Waals surface area contributed by atoms with Crippen LogP contribution in [0.5, 0.6) is 5.75 Å². The predicted molar refractivity (Wildman–Crippen MR) is 84.7 cm³/mol. The molecule has 2 aromatic rings. The van der Waals surface area contributed by atoms with E-state index in [2.05, 4.69) is 21.2 Å². The Bertz CT molecular complexity index is 711. The minimum Gasteiger partial charge on any atom is -0.496 e. The maximum absolute atomic E-state index is 12.2. The van der Waals surface area contributed by atoms with Crippen molar-refractivity contribution >= 4 is 44.8 Å². The molecule has 0 fully saturated rings. The Balaban J connectivity index is 2.28. The average molecular weight is 370 g/mol. The minimum atomic E-state index is -1.06. The molecule has 0 atom stereocenters. The van der Waals surface area contributed by atoms with E-state index in [1.165, 1.54) is 7.11 Å². The number of benzene rings is 1. The summed E-state index contributed by atoms with van der Waals surface area (Å²) in [5.74, 6) is -0.814. The van der Waals surface area contributed by atoms with E-state index in [-0.39, 0.29) is 10.8 Å². The van der Waals surface area contributed by atoms with Gasteiger partial charge in [0.25, 0.3) is 5.91 Å². The van der Waals surface area contributed by atoms with Gasteiger partial charge in [-0.15, -0.1) is 11.3 Å². The molecule has 1 amide bonds. The van der Waals surface area contributed by atoms with Crippen LogP contribution >= 0.6 is 27.3 Å². The third kappa shape index (κ3) is 3.25. The number of aryl methyl sites for hydroxylation is 1. The van der Waals surface area contributed by atoms with Crippen molar-refractivity contribution in [3.63, 3.8) is 0 Å². The predicted octanol–water partition coefficient (Wildman–Crippen LogP) is 3.78. The molecule has 0 unspecified atom stereocenters. The zero-order valence-electron chi connectivity index (χ0n) is 11.3. The van der Waals surface area contributed by atoms with E-state index in [1.807, 2.05) is 0 Å². The summed E-state index contributed by atoms with van der Waals surface area (Å²) >= 11 is 4.40. The number of anilines is 1. The fourth-order valence-electron chi connectivity index (χ4n) is 1.75. The third-order valence-corrected chi connectivity index (χ3v) is 4.53. The normalized spacial score (nSPS) is 10.2. The van der Waals surface area contributed by atoms with Gasteiger partial charge in [0.2, 0.25) is 0 Å². The second-order valence-corrected chi connectivity index (χ2v) is 5.97. The topological polar surface area (TPSA) is 75.6 Å². The molecule has 2 N–H and O–H groups in total. The Labute approximate surface area is 133 Å². The molecular formula is C14H12BrNO4S. The van der Waals surface area contributed by atoms with E-state index in [9.17, 15) is 9.59 Å². The number of hydrogen-bond acceptors (Lipinski definition) is 4. The molecule has 21 heavy (non-hydrogen) atoms. The highest BCUT2D eigenvalue weighted by atomic mass is 79.9. The molecule has 5 nitrogen and oxygen atoms in total. The van der Waals surface area contributed by atoms with Gasteiger partial charge >= 0.3 is 5.97 Å². The number of carboxylic acids is 1. The fourth-order valence-corrected chi connectivity index (χ4v) is 3.13. The van der Waals surface area contributed by atoms with Crippen LogP contribution < -0.4 is 10.1 Å². The largest absolute Gasteiger partial charge is 0.496 e. The van der Waals surface area contributed by atoms with E-state index in [1.54, 1.807) is 30.5 Å². The summed E-state index contributed by atoms with van der Waals surface area (Å²) in [7, 11) is 1.54. The van der Waals surface area contributed by atoms with Gasteiger partial charge in [0.15, 0.2) is 0 Å². The van der Waals surface area contributed by atoms with Crippen LogP contribution in [0.1, 0.15) is 25.6 Å². The standard InChI is InChI=1S/C14H12BrNO4S/c1-7-6-21-12(14(18)19)11(7)16-13(17)8-3-4-10(20-2)9(15)5-8/h3-6H,1-2H3,(H,16,17)(H,18,19). The molecule has 1 aromatic carbocycles. The van der Waals surface area contributed by atoms with Crippen LogP contribution in [-0.2, 0) is 0 Å². The van der Waals surface area contributed by atoms with Gasteiger partial charge in [-0.2, -0.15) is 0 Å². The molecular weight excluding hydrogens is 358 g/mol. The second kappa shape index (κ2) is 6.28. The molecule has 0 saturated carbocycles. The Morgan fingerprint density at radius 3 is 2.67 bits per heavy atom. The first-order valence-electron chi connectivity index (χ1n) is 5.90. The molecule has 2 rings (SSSR count). The van der Waals surface area contributed by atoms with Gasteiger partial charge in [-0.25, -0.2) is 4.79 Å². The maximum Gasteiger partial charge on any atom is 0.348 e. The van der Waals surface area contributed by atoms with E-state index < -0.39 is 5.97 Å². The number of aromatic carboxylic acids is 1. The molecule has 1 aromatic heterocycles. The second-order valence-electron chi connectivity index (χ2n) is 4.23. The zero-order valence-corrected chi connectivity index (χ0v) is 13.7. The quantitative estimate of drug-likeness (QED) is 0.859. The Kier molecular flexibility index (Phi) is 4.64.